The molecule has 0 N–H and O–H groups in total. The van der Waals surface area contributed by atoms with Crippen LogP contribution in [0.2, 0.25) is 5.15 Å². The molecule has 0 radical (unpaired) electrons. The first kappa shape index (κ1) is 9.66. The van der Waals surface area contributed by atoms with E-state index in [4.69, 9.17) is 11.6 Å². The quantitative estimate of drug-likeness (QED) is 0.747. The molecular formula is C11H9ClN4. The first-order valence-corrected chi connectivity index (χ1v) is 5.52. The van der Waals surface area contributed by atoms with E-state index in [1.807, 2.05) is 6.07 Å². The second-order valence-corrected chi connectivity index (χ2v) is 4.17. The summed E-state index contributed by atoms with van der Waals surface area (Å²) in [4.78, 5) is 16.8. The molecular weight excluding hydrogens is 224 g/mol. The summed E-state index contributed by atoms with van der Waals surface area (Å²) < 4.78 is 0. The zero-order chi connectivity index (χ0) is 11.0. The zero-order valence-corrected chi connectivity index (χ0v) is 9.22. The molecule has 0 spiro atoms. The lowest BCUT2D eigenvalue weighted by Gasteiger charge is -2.02. The number of hydrogen-bond donors (Lipinski definition) is 0. The summed E-state index contributed by atoms with van der Waals surface area (Å²) in [5.74, 6) is 1.57. The van der Waals surface area contributed by atoms with Gasteiger partial charge in [0.2, 0.25) is 0 Å². The van der Waals surface area contributed by atoms with E-state index in [1.165, 1.54) is 12.8 Å². The van der Waals surface area contributed by atoms with E-state index in [2.05, 4.69) is 19.9 Å². The van der Waals surface area contributed by atoms with Gasteiger partial charge in [0.25, 0.3) is 0 Å². The van der Waals surface area contributed by atoms with E-state index < -0.39 is 0 Å². The molecule has 3 rings (SSSR count). The Bertz CT molecular complexity index is 511. The lowest BCUT2D eigenvalue weighted by molar-refractivity contribution is 0.975. The third-order valence-corrected chi connectivity index (χ3v) is 2.67. The number of rotatable bonds is 2. The smallest absolute Gasteiger partial charge is 0.199 e. The Morgan fingerprint density at radius 2 is 1.81 bits per heavy atom. The molecule has 1 aliphatic rings. The van der Waals surface area contributed by atoms with Crippen LogP contribution in [-0.4, -0.2) is 19.9 Å². The van der Waals surface area contributed by atoms with Crippen molar-refractivity contribution in [3.05, 3.63) is 35.4 Å². The standard InChI is InChI=1S/C11H9ClN4/c12-9-6-8(7-2-3-7)15-11(16-9)10-13-4-1-5-14-10/h1,4-7H,2-3H2. The van der Waals surface area contributed by atoms with Crippen LogP contribution in [0.4, 0.5) is 0 Å². The summed E-state index contributed by atoms with van der Waals surface area (Å²) >= 11 is 5.97. The van der Waals surface area contributed by atoms with Crippen molar-refractivity contribution in [2.75, 3.05) is 0 Å². The first-order valence-electron chi connectivity index (χ1n) is 5.15. The van der Waals surface area contributed by atoms with E-state index in [9.17, 15) is 0 Å². The van der Waals surface area contributed by atoms with Crippen LogP contribution < -0.4 is 0 Å². The van der Waals surface area contributed by atoms with Gasteiger partial charge in [-0.05, 0) is 25.0 Å². The van der Waals surface area contributed by atoms with Crippen LogP contribution >= 0.6 is 11.6 Å². The SMILES string of the molecule is Clc1cc(C2CC2)nc(-c2ncccn2)n1. The average Bonchev–Trinajstić information content (AvgIpc) is 3.13. The molecule has 0 bridgehead atoms. The van der Waals surface area contributed by atoms with E-state index in [0.717, 1.165) is 5.69 Å². The highest BCUT2D eigenvalue weighted by molar-refractivity contribution is 6.29. The second-order valence-electron chi connectivity index (χ2n) is 3.79. The normalized spacial score (nSPS) is 15.1. The molecule has 0 aliphatic heterocycles. The maximum Gasteiger partial charge on any atom is 0.199 e. The summed E-state index contributed by atoms with van der Waals surface area (Å²) in [6, 6.07) is 3.58. The second kappa shape index (κ2) is 3.79. The number of halogens is 1. The summed E-state index contributed by atoms with van der Waals surface area (Å²) in [5, 5.41) is 0.458. The molecule has 0 atom stereocenters. The minimum absolute atomic E-state index is 0.458. The number of nitrogens with zero attached hydrogens (tertiary/aromatic N) is 4. The fourth-order valence-electron chi connectivity index (χ4n) is 1.54. The third-order valence-electron chi connectivity index (χ3n) is 2.48. The molecule has 2 heterocycles. The van der Waals surface area contributed by atoms with E-state index >= 15 is 0 Å². The van der Waals surface area contributed by atoms with E-state index in [1.54, 1.807) is 18.5 Å². The predicted molar refractivity (Wildman–Crippen MR) is 60.0 cm³/mol. The van der Waals surface area contributed by atoms with Crippen LogP contribution in [-0.2, 0) is 0 Å². The Morgan fingerprint density at radius 3 is 2.50 bits per heavy atom. The topological polar surface area (TPSA) is 51.6 Å². The fraction of sp³-hybridized carbons (Fsp3) is 0.273. The number of aromatic nitrogens is 4. The van der Waals surface area contributed by atoms with Crippen molar-refractivity contribution in [3.8, 4) is 11.6 Å². The van der Waals surface area contributed by atoms with Gasteiger partial charge < -0.3 is 0 Å². The van der Waals surface area contributed by atoms with Crippen LogP contribution in [0.15, 0.2) is 24.5 Å². The summed E-state index contributed by atoms with van der Waals surface area (Å²) in [6.45, 7) is 0. The monoisotopic (exact) mass is 232 g/mol. The van der Waals surface area contributed by atoms with Crippen molar-refractivity contribution in [3.63, 3.8) is 0 Å². The maximum absolute atomic E-state index is 5.97. The summed E-state index contributed by atoms with van der Waals surface area (Å²) in [6.07, 6.45) is 5.71. The molecule has 1 saturated carbocycles. The van der Waals surface area contributed by atoms with Crippen LogP contribution in [0.3, 0.4) is 0 Å². The predicted octanol–water partition coefficient (Wildman–Crippen LogP) is 2.46. The third kappa shape index (κ3) is 1.88. The average molecular weight is 233 g/mol. The summed E-state index contributed by atoms with van der Waals surface area (Å²) in [5.41, 5.74) is 1.00. The minimum Gasteiger partial charge on any atom is -0.234 e. The van der Waals surface area contributed by atoms with Gasteiger partial charge in [0.05, 0.1) is 0 Å². The van der Waals surface area contributed by atoms with Gasteiger partial charge in [0.15, 0.2) is 11.6 Å². The Labute approximate surface area is 97.8 Å². The Kier molecular flexibility index (Phi) is 2.29. The first-order chi connectivity index (χ1) is 7.83. The highest BCUT2D eigenvalue weighted by Crippen LogP contribution is 2.39. The van der Waals surface area contributed by atoms with Crippen LogP contribution in [0.1, 0.15) is 24.5 Å². The molecule has 1 aliphatic carbocycles. The fourth-order valence-corrected chi connectivity index (χ4v) is 1.73. The Balaban J connectivity index is 2.06. The molecule has 16 heavy (non-hydrogen) atoms. The molecule has 0 saturated heterocycles. The van der Waals surface area contributed by atoms with Crippen LogP contribution in [0.25, 0.3) is 11.6 Å². The molecule has 2 aromatic heterocycles. The van der Waals surface area contributed by atoms with Crippen molar-refractivity contribution in [1.29, 1.82) is 0 Å². The number of hydrogen-bond acceptors (Lipinski definition) is 4. The van der Waals surface area contributed by atoms with Crippen molar-refractivity contribution < 1.29 is 0 Å². The molecule has 0 amide bonds. The molecule has 0 aromatic carbocycles. The zero-order valence-electron chi connectivity index (χ0n) is 8.47. The van der Waals surface area contributed by atoms with Crippen molar-refractivity contribution in [2.24, 2.45) is 0 Å². The minimum atomic E-state index is 0.458. The molecule has 0 unspecified atom stereocenters. The molecule has 2 aromatic rings. The largest absolute Gasteiger partial charge is 0.234 e. The van der Waals surface area contributed by atoms with Crippen molar-refractivity contribution in [2.45, 2.75) is 18.8 Å². The van der Waals surface area contributed by atoms with Gasteiger partial charge >= 0.3 is 0 Å². The van der Waals surface area contributed by atoms with E-state index in [-0.39, 0.29) is 0 Å². The molecule has 4 nitrogen and oxygen atoms in total. The lowest BCUT2D eigenvalue weighted by Crippen LogP contribution is -1.98. The van der Waals surface area contributed by atoms with Gasteiger partial charge in [-0.25, -0.2) is 19.9 Å². The lowest BCUT2D eigenvalue weighted by atomic mass is 10.3. The van der Waals surface area contributed by atoms with Crippen molar-refractivity contribution in [1.82, 2.24) is 19.9 Å². The Morgan fingerprint density at radius 1 is 1.06 bits per heavy atom. The van der Waals surface area contributed by atoms with Gasteiger partial charge in [0.1, 0.15) is 5.15 Å². The van der Waals surface area contributed by atoms with Gasteiger partial charge in [-0.3, -0.25) is 0 Å². The van der Waals surface area contributed by atoms with E-state index in [0.29, 0.717) is 22.7 Å². The Hall–Kier alpha value is -1.55. The van der Waals surface area contributed by atoms with Crippen LogP contribution in [0.5, 0.6) is 0 Å². The van der Waals surface area contributed by atoms with Gasteiger partial charge in [-0.15, -0.1) is 0 Å². The van der Waals surface area contributed by atoms with Gasteiger partial charge in [-0.2, -0.15) is 0 Å². The molecule has 80 valence electrons. The summed E-state index contributed by atoms with van der Waals surface area (Å²) in [7, 11) is 0. The van der Waals surface area contributed by atoms with Gasteiger partial charge in [-0.1, -0.05) is 11.6 Å². The maximum atomic E-state index is 5.97. The molecule has 1 fully saturated rings. The van der Waals surface area contributed by atoms with Crippen molar-refractivity contribution >= 4 is 11.6 Å². The highest BCUT2D eigenvalue weighted by atomic mass is 35.5. The highest BCUT2D eigenvalue weighted by Gasteiger charge is 2.26. The van der Waals surface area contributed by atoms with Crippen LogP contribution in [0, 0.1) is 0 Å². The molecule has 5 heteroatoms. The van der Waals surface area contributed by atoms with Gasteiger partial charge in [0, 0.05) is 24.0 Å².